The molecule has 288 valence electrons. The van der Waals surface area contributed by atoms with Crippen LogP contribution in [0.5, 0.6) is 5.75 Å². The summed E-state index contributed by atoms with van der Waals surface area (Å²) in [7, 11) is -16.8. The van der Waals surface area contributed by atoms with Gasteiger partial charge in [-0.25, -0.2) is 23.1 Å². The third-order valence-electron chi connectivity index (χ3n) is 7.71. The van der Waals surface area contributed by atoms with E-state index in [1.165, 1.54) is 19.1 Å². The van der Waals surface area contributed by atoms with E-state index >= 15 is 4.39 Å². The fourth-order valence-corrected chi connectivity index (χ4v) is 9.83. The maximum Gasteiger partial charge on any atom is 0.490 e. The molecule has 0 radical (unpaired) electrons. The Morgan fingerprint density at radius 3 is 2.50 bits per heavy atom. The van der Waals surface area contributed by atoms with Gasteiger partial charge in [-0.2, -0.15) is 23.7 Å². The van der Waals surface area contributed by atoms with E-state index in [4.69, 9.17) is 40.2 Å². The first-order valence-corrected chi connectivity index (χ1v) is 20.6. The van der Waals surface area contributed by atoms with Crippen LogP contribution >= 0.6 is 35.0 Å². The van der Waals surface area contributed by atoms with Gasteiger partial charge in [0.1, 0.15) is 36.1 Å². The number of fused-ring (bicyclic) bond motifs is 2. The number of nitrogens with one attached hydrogen (secondary N) is 1. The average molecular weight is 831 g/mol. The van der Waals surface area contributed by atoms with Crippen molar-refractivity contribution in [2.45, 2.75) is 44.2 Å². The molecule has 24 heteroatoms. The number of rotatable bonds is 15. The Morgan fingerprint density at radius 2 is 1.74 bits per heavy atom. The molecule has 1 aliphatic heterocycles. The van der Waals surface area contributed by atoms with Crippen LogP contribution < -0.4 is 15.3 Å². The zero-order chi connectivity index (χ0) is 38.8. The summed E-state index contributed by atoms with van der Waals surface area (Å²) in [6, 6.07) is 18.2. The van der Waals surface area contributed by atoms with E-state index in [0.29, 0.717) is 16.3 Å². The minimum atomic E-state index is -5.93. The summed E-state index contributed by atoms with van der Waals surface area (Å²) in [4.78, 5) is 45.5. The molecule has 3 heterocycles. The lowest BCUT2D eigenvalue weighted by Crippen LogP contribution is -2.34. The van der Waals surface area contributed by atoms with Crippen LogP contribution in [0.1, 0.15) is 18.7 Å². The lowest BCUT2D eigenvalue weighted by atomic mass is 10.1. The Labute approximate surface area is 309 Å². The number of alkyl halides is 1. The van der Waals surface area contributed by atoms with E-state index in [1.54, 1.807) is 60.7 Å². The lowest BCUT2D eigenvalue weighted by Gasteiger charge is -2.25. The number of imidazole rings is 1. The van der Waals surface area contributed by atoms with Crippen LogP contribution in [-0.4, -0.2) is 71.4 Å². The van der Waals surface area contributed by atoms with Crippen molar-refractivity contribution in [3.05, 3.63) is 90.0 Å². The highest BCUT2D eigenvalue weighted by atomic mass is 35.5. The van der Waals surface area contributed by atoms with E-state index < -0.39 is 66.6 Å². The van der Waals surface area contributed by atoms with Crippen molar-refractivity contribution in [3.63, 3.8) is 0 Å². The second-order valence-corrected chi connectivity index (χ2v) is 16.8. The molecule has 19 nitrogen and oxygen atoms in total. The number of nitrogens with zero attached hydrogens (tertiary/aromatic N) is 4. The summed E-state index contributed by atoms with van der Waals surface area (Å²) in [5.41, 5.74) is 6.41. The first-order valence-electron chi connectivity index (χ1n) is 15.6. The summed E-state index contributed by atoms with van der Waals surface area (Å²) in [6.45, 7) is -0.0588. The van der Waals surface area contributed by atoms with Gasteiger partial charge in [0.05, 0.1) is 12.9 Å². The van der Waals surface area contributed by atoms with Crippen molar-refractivity contribution in [2.75, 3.05) is 12.3 Å². The van der Waals surface area contributed by atoms with E-state index in [-0.39, 0.29) is 34.6 Å². The van der Waals surface area contributed by atoms with Crippen LogP contribution in [0.15, 0.2) is 79.1 Å². The van der Waals surface area contributed by atoms with Gasteiger partial charge in [0.2, 0.25) is 5.28 Å². The number of nitrogen functional groups attached to an aromatic ring is 1. The molecule has 5 unspecified atom stereocenters. The van der Waals surface area contributed by atoms with Gasteiger partial charge >= 0.3 is 29.4 Å². The summed E-state index contributed by atoms with van der Waals surface area (Å²) < 4.78 is 86.8. The topological polar surface area (TPSA) is 266 Å². The molecule has 0 amide bonds. The normalized spacial score (nSPS) is 22.6. The number of esters is 1. The number of aliphatic hydroxyl groups is 1. The van der Waals surface area contributed by atoms with E-state index in [1.807, 2.05) is 0 Å². The number of hydrogen-bond acceptors (Lipinski definition) is 15. The van der Waals surface area contributed by atoms with Crippen LogP contribution in [0.2, 0.25) is 5.28 Å². The van der Waals surface area contributed by atoms with E-state index in [0.717, 1.165) is 10.9 Å². The highest BCUT2D eigenvalue weighted by molar-refractivity contribution is 7.68. The SMILES string of the molecule is C[C@H](NP(=O)(Oc1cccc2ccccc12)OP(=O)(O)OP(=O)(O)OC[C@H]1O[C@@H](n2cnc3c(N)nc(Cl)nc32)C(F)C1O)C(=O)OCc1ccccc1. The van der Waals surface area contributed by atoms with Crippen molar-refractivity contribution >= 4 is 68.7 Å². The first-order chi connectivity index (χ1) is 25.5. The molecule has 0 bridgehead atoms. The van der Waals surface area contributed by atoms with Crippen molar-refractivity contribution in [2.24, 2.45) is 0 Å². The number of benzene rings is 3. The molecule has 8 atom stereocenters. The summed E-state index contributed by atoms with van der Waals surface area (Å²) in [5.74, 6) is -1.23. The molecule has 0 aliphatic carbocycles. The van der Waals surface area contributed by atoms with Crippen molar-refractivity contribution < 1.29 is 64.9 Å². The first kappa shape index (κ1) is 39.8. The van der Waals surface area contributed by atoms with Gasteiger partial charge < -0.3 is 34.6 Å². The molecule has 1 aliphatic rings. The number of ether oxygens (including phenoxy) is 2. The van der Waals surface area contributed by atoms with Crippen LogP contribution in [0.3, 0.4) is 0 Å². The van der Waals surface area contributed by atoms with Gasteiger partial charge in [0.25, 0.3) is 0 Å². The molecule has 1 saturated heterocycles. The standard InChI is InChI=1S/C30H31ClFN6O13P3/c1-17(29(40)46-14-18-8-3-2-4-9-18)37-52(41,49-21-13-7-11-19-10-5-6-12-20(19)21)50-54(44,45)51-53(42,43)47-15-22-25(39)23(32)28(48-22)38-16-34-24-26(33)35-30(31)36-27(24)38/h2-13,16-17,22-23,25,28,39H,14-15H2,1H3,(H,37,41)(H,42,43)(H,44,45)(H2,33,35,36)/t17-,22+,23?,25?,28+,52?/m0/s1. The van der Waals surface area contributed by atoms with Gasteiger partial charge in [0, 0.05) is 5.39 Å². The van der Waals surface area contributed by atoms with E-state index in [9.17, 15) is 33.4 Å². The van der Waals surface area contributed by atoms with Gasteiger partial charge in [-0.15, -0.1) is 0 Å². The molecular weight excluding hydrogens is 800 g/mol. The lowest BCUT2D eigenvalue weighted by molar-refractivity contribution is -0.146. The smallest absolute Gasteiger partial charge is 0.460 e. The van der Waals surface area contributed by atoms with E-state index in [2.05, 4.69) is 24.3 Å². The molecule has 3 aromatic carbocycles. The minimum Gasteiger partial charge on any atom is -0.460 e. The highest BCUT2D eigenvalue weighted by Gasteiger charge is 2.49. The Kier molecular flexibility index (Phi) is 11.9. The van der Waals surface area contributed by atoms with Crippen molar-refractivity contribution in [1.82, 2.24) is 24.6 Å². The van der Waals surface area contributed by atoms with Gasteiger partial charge in [0.15, 0.2) is 23.9 Å². The number of anilines is 1. The van der Waals surface area contributed by atoms with Gasteiger partial charge in [-0.05, 0) is 35.5 Å². The average Bonchev–Trinajstić information content (AvgIpc) is 3.65. The second kappa shape index (κ2) is 16.1. The Balaban J connectivity index is 1.15. The fourth-order valence-electron chi connectivity index (χ4n) is 5.25. The van der Waals surface area contributed by atoms with Crippen LogP contribution in [0.25, 0.3) is 21.9 Å². The molecule has 2 aromatic heterocycles. The largest absolute Gasteiger partial charge is 0.490 e. The molecule has 54 heavy (non-hydrogen) atoms. The number of halogens is 2. The van der Waals surface area contributed by atoms with Crippen LogP contribution in [0, 0.1) is 0 Å². The Hall–Kier alpha value is -3.87. The molecule has 0 spiro atoms. The number of phosphoric acid groups is 2. The summed E-state index contributed by atoms with van der Waals surface area (Å²) in [5, 5.41) is 13.4. The fraction of sp³-hybridized carbons (Fsp3) is 0.267. The quantitative estimate of drug-likeness (QED) is 0.0529. The maximum atomic E-state index is 15.2. The maximum absolute atomic E-state index is 15.2. The summed E-state index contributed by atoms with van der Waals surface area (Å²) in [6.07, 6.45) is -6.33. The molecule has 6 rings (SSSR count). The number of nitrogens with two attached hydrogens (primary N) is 1. The Morgan fingerprint density at radius 1 is 1.04 bits per heavy atom. The number of aliphatic hydroxyl groups excluding tert-OH is 1. The molecule has 5 aromatic rings. The van der Waals surface area contributed by atoms with Crippen LogP contribution in [-0.2, 0) is 47.7 Å². The predicted molar refractivity (Wildman–Crippen MR) is 188 cm³/mol. The highest BCUT2D eigenvalue weighted by Crippen LogP contribution is 2.68. The summed E-state index contributed by atoms with van der Waals surface area (Å²) >= 11 is 5.86. The molecular formula is C30H31ClFN6O13P3. The third kappa shape index (κ3) is 9.32. The second-order valence-electron chi connectivity index (χ2n) is 11.6. The number of phosphoric ester groups is 1. The van der Waals surface area contributed by atoms with Crippen molar-refractivity contribution in [3.8, 4) is 5.75 Å². The minimum absolute atomic E-state index is 0.0472. The molecule has 0 saturated carbocycles. The van der Waals surface area contributed by atoms with Crippen molar-refractivity contribution in [1.29, 1.82) is 0 Å². The van der Waals surface area contributed by atoms with Crippen LogP contribution in [0.4, 0.5) is 10.2 Å². The zero-order valence-electron chi connectivity index (χ0n) is 27.7. The van der Waals surface area contributed by atoms with Gasteiger partial charge in [-0.3, -0.25) is 13.9 Å². The number of carbonyl (C=O) groups is 1. The van der Waals surface area contributed by atoms with Gasteiger partial charge in [-0.1, -0.05) is 66.7 Å². The number of hydrogen-bond donors (Lipinski definition) is 5. The molecule has 1 fully saturated rings. The Bertz CT molecular complexity index is 2300. The third-order valence-corrected chi connectivity index (χ3v) is 12.8. The zero-order valence-corrected chi connectivity index (χ0v) is 31.1. The number of aromatic nitrogens is 4. The monoisotopic (exact) mass is 830 g/mol. The number of carbonyl (C=O) groups excluding carboxylic acids is 1. The molecule has 6 N–H and O–H groups in total. The predicted octanol–water partition coefficient (Wildman–Crippen LogP) is 4.97.